The molecule has 3 aromatic rings. The smallest absolute Gasteiger partial charge is 0.394 e. The third kappa shape index (κ3) is 5.21. The molecule has 162 valence electrons. The van der Waals surface area contributed by atoms with Gasteiger partial charge in [0.25, 0.3) is 0 Å². The molecule has 0 spiro atoms. The molecule has 1 aromatic carbocycles. The van der Waals surface area contributed by atoms with Crippen LogP contribution < -0.4 is 16.8 Å². The van der Waals surface area contributed by atoms with Crippen molar-refractivity contribution in [2.45, 2.75) is 12.4 Å². The Morgan fingerprint density at radius 3 is 2.10 bits per heavy atom. The lowest BCUT2D eigenvalue weighted by Crippen LogP contribution is -2.22. The van der Waals surface area contributed by atoms with E-state index >= 15 is 0 Å². The van der Waals surface area contributed by atoms with Gasteiger partial charge >= 0.3 is 12.4 Å². The predicted octanol–water partition coefficient (Wildman–Crippen LogP) is 4.50. The summed E-state index contributed by atoms with van der Waals surface area (Å²) in [6.45, 7) is 0. The molecular formula is C19H14F6N6. The van der Waals surface area contributed by atoms with E-state index in [0.29, 0.717) is 0 Å². The van der Waals surface area contributed by atoms with Crippen LogP contribution in [0.25, 0.3) is 5.57 Å². The Morgan fingerprint density at radius 1 is 0.871 bits per heavy atom. The van der Waals surface area contributed by atoms with Gasteiger partial charge in [-0.15, -0.1) is 0 Å². The summed E-state index contributed by atoms with van der Waals surface area (Å²) < 4.78 is 78.2. The van der Waals surface area contributed by atoms with Crippen molar-refractivity contribution in [2.75, 3.05) is 11.1 Å². The van der Waals surface area contributed by atoms with Crippen LogP contribution in [0, 0.1) is 0 Å². The fourth-order valence-corrected chi connectivity index (χ4v) is 2.58. The number of alkyl halides is 6. The minimum absolute atomic E-state index is 0.101. The number of halogens is 6. The minimum Gasteiger partial charge on any atom is -0.394 e. The van der Waals surface area contributed by atoms with Crippen LogP contribution in [0.15, 0.2) is 60.4 Å². The van der Waals surface area contributed by atoms with Gasteiger partial charge in [0.2, 0.25) is 5.95 Å². The number of benzene rings is 1. The lowest BCUT2D eigenvalue weighted by atomic mass is 10.0. The molecule has 0 bridgehead atoms. The second-order valence-electron chi connectivity index (χ2n) is 6.20. The number of aromatic nitrogens is 3. The molecule has 0 radical (unpaired) electrons. The number of hydrogen-bond acceptors (Lipinski definition) is 6. The third-order valence-corrected chi connectivity index (χ3v) is 3.97. The van der Waals surface area contributed by atoms with Gasteiger partial charge in [0.05, 0.1) is 22.5 Å². The van der Waals surface area contributed by atoms with E-state index < -0.39 is 29.2 Å². The number of pyridine rings is 1. The van der Waals surface area contributed by atoms with Gasteiger partial charge in [-0.05, 0) is 36.4 Å². The topological polar surface area (TPSA) is 103 Å². The van der Waals surface area contributed by atoms with Crippen molar-refractivity contribution in [2.24, 2.45) is 5.73 Å². The maximum atomic E-state index is 13.4. The lowest BCUT2D eigenvalue weighted by molar-refractivity contribution is -0.137. The highest BCUT2D eigenvalue weighted by molar-refractivity contribution is 5.80. The summed E-state index contributed by atoms with van der Waals surface area (Å²) in [6, 6.07) is 9.28. The highest BCUT2D eigenvalue weighted by Gasteiger charge is 2.36. The zero-order valence-corrected chi connectivity index (χ0v) is 15.5. The monoisotopic (exact) mass is 440 g/mol. The maximum absolute atomic E-state index is 13.4. The van der Waals surface area contributed by atoms with Crippen LogP contribution in [-0.4, -0.2) is 21.1 Å². The normalized spacial score (nSPS) is 13.0. The van der Waals surface area contributed by atoms with Crippen molar-refractivity contribution in [3.8, 4) is 0 Å². The Labute approximate surface area is 171 Å². The molecule has 0 aliphatic heterocycles. The number of nitrogens with one attached hydrogen (secondary N) is 1. The number of anilines is 3. The Kier molecular flexibility index (Phi) is 5.73. The van der Waals surface area contributed by atoms with E-state index in [9.17, 15) is 26.3 Å². The molecule has 5 N–H and O–H groups in total. The van der Waals surface area contributed by atoms with Gasteiger partial charge in [-0.2, -0.15) is 31.3 Å². The number of nitrogen functional groups attached to an aromatic ring is 1. The molecular weight excluding hydrogens is 426 g/mol. The molecule has 0 atom stereocenters. The first kappa shape index (κ1) is 21.9. The zero-order valence-electron chi connectivity index (χ0n) is 15.5. The molecule has 2 heterocycles. The van der Waals surface area contributed by atoms with Crippen LogP contribution >= 0.6 is 0 Å². The summed E-state index contributed by atoms with van der Waals surface area (Å²) in [6.07, 6.45) is -8.12. The number of allylic oxidation sites excluding steroid dienone is 1. The first-order valence-electron chi connectivity index (χ1n) is 8.52. The first-order chi connectivity index (χ1) is 14.4. The van der Waals surface area contributed by atoms with Crippen LogP contribution in [-0.2, 0) is 6.18 Å². The number of rotatable bonds is 4. The van der Waals surface area contributed by atoms with Gasteiger partial charge in [0.15, 0.2) is 0 Å². The van der Waals surface area contributed by atoms with Crippen LogP contribution in [0.3, 0.4) is 0 Å². The van der Waals surface area contributed by atoms with Crippen LogP contribution in [0.4, 0.5) is 43.8 Å². The highest BCUT2D eigenvalue weighted by atomic mass is 19.4. The molecule has 12 heteroatoms. The summed E-state index contributed by atoms with van der Waals surface area (Å²) >= 11 is 0. The van der Waals surface area contributed by atoms with Gasteiger partial charge < -0.3 is 16.8 Å². The van der Waals surface area contributed by atoms with Gasteiger partial charge in [0, 0.05) is 18.0 Å². The molecule has 0 saturated carbocycles. The number of nitrogens with two attached hydrogens (primary N) is 2. The van der Waals surface area contributed by atoms with E-state index in [1.54, 1.807) is 0 Å². The molecule has 0 unspecified atom stereocenters. The summed E-state index contributed by atoms with van der Waals surface area (Å²) in [5.41, 5.74) is 8.04. The van der Waals surface area contributed by atoms with Gasteiger partial charge in [-0.1, -0.05) is 6.07 Å². The Bertz CT molecular complexity index is 1090. The number of hydrogen-bond donors (Lipinski definition) is 3. The fraction of sp³-hybridized carbons (Fsp3) is 0.105. The second-order valence-corrected chi connectivity index (χ2v) is 6.20. The van der Waals surface area contributed by atoms with Crippen LogP contribution in [0.2, 0.25) is 0 Å². The first-order valence-corrected chi connectivity index (χ1v) is 8.52. The van der Waals surface area contributed by atoms with Gasteiger partial charge in [0.1, 0.15) is 11.5 Å². The van der Waals surface area contributed by atoms with E-state index in [4.69, 9.17) is 11.5 Å². The van der Waals surface area contributed by atoms with Crippen molar-refractivity contribution in [1.82, 2.24) is 15.0 Å². The van der Waals surface area contributed by atoms with Gasteiger partial charge in [-0.25, -0.2) is 4.98 Å². The molecule has 0 saturated heterocycles. The van der Waals surface area contributed by atoms with Crippen molar-refractivity contribution >= 4 is 23.0 Å². The SMILES string of the molecule is NC(=C(c1ccccn1)c1cc(N)nc(Nc2ccc(C(F)(F)F)cc2)n1)C(F)(F)F. The van der Waals surface area contributed by atoms with Crippen LogP contribution in [0.5, 0.6) is 0 Å². The average Bonchev–Trinajstić information content (AvgIpc) is 2.67. The predicted molar refractivity (Wildman–Crippen MR) is 102 cm³/mol. The average molecular weight is 440 g/mol. The largest absolute Gasteiger partial charge is 0.431 e. The van der Waals surface area contributed by atoms with E-state index in [-0.39, 0.29) is 28.8 Å². The highest BCUT2D eigenvalue weighted by Crippen LogP contribution is 2.33. The molecule has 0 fully saturated rings. The quantitative estimate of drug-likeness (QED) is 0.517. The van der Waals surface area contributed by atoms with Crippen molar-refractivity contribution in [1.29, 1.82) is 0 Å². The Morgan fingerprint density at radius 2 is 1.55 bits per heavy atom. The van der Waals surface area contributed by atoms with E-state index in [1.165, 1.54) is 24.4 Å². The molecule has 0 aliphatic rings. The second kappa shape index (κ2) is 8.13. The molecule has 6 nitrogen and oxygen atoms in total. The Balaban J connectivity index is 2.04. The zero-order chi connectivity index (χ0) is 22.8. The summed E-state index contributed by atoms with van der Waals surface area (Å²) in [7, 11) is 0. The van der Waals surface area contributed by atoms with E-state index in [2.05, 4.69) is 20.3 Å². The minimum atomic E-state index is -4.88. The van der Waals surface area contributed by atoms with E-state index in [1.807, 2.05) is 0 Å². The summed E-state index contributed by atoms with van der Waals surface area (Å²) in [5, 5.41) is 2.61. The molecule has 0 aliphatic carbocycles. The van der Waals surface area contributed by atoms with Crippen molar-refractivity contribution < 1.29 is 26.3 Å². The maximum Gasteiger partial charge on any atom is 0.431 e. The van der Waals surface area contributed by atoms with E-state index in [0.717, 1.165) is 30.3 Å². The third-order valence-electron chi connectivity index (χ3n) is 3.97. The number of nitrogens with zero attached hydrogens (tertiary/aromatic N) is 3. The summed E-state index contributed by atoms with van der Waals surface area (Å²) in [4.78, 5) is 11.8. The fourth-order valence-electron chi connectivity index (χ4n) is 2.58. The molecule has 2 aromatic heterocycles. The molecule has 31 heavy (non-hydrogen) atoms. The standard InChI is InChI=1S/C19H14F6N6/c20-18(21,22)10-4-6-11(7-5-10)29-17-30-13(9-14(26)31-17)15(16(27)19(23,24)25)12-3-1-2-8-28-12/h1-9H,27H2,(H3,26,29,30,31). The van der Waals surface area contributed by atoms with Crippen molar-refractivity contribution in [3.05, 3.63) is 77.4 Å². The summed E-state index contributed by atoms with van der Waals surface area (Å²) in [5.74, 6) is -0.430. The molecule has 3 rings (SSSR count). The van der Waals surface area contributed by atoms with Crippen molar-refractivity contribution in [3.63, 3.8) is 0 Å². The van der Waals surface area contributed by atoms with Crippen LogP contribution in [0.1, 0.15) is 17.0 Å². The van der Waals surface area contributed by atoms with Gasteiger partial charge in [-0.3, -0.25) is 4.98 Å². The molecule has 0 amide bonds. The lowest BCUT2D eigenvalue weighted by Gasteiger charge is -2.15. The Hall–Kier alpha value is -3.83.